The predicted octanol–water partition coefficient (Wildman–Crippen LogP) is 4.77. The standard InChI is InChI=1S/C29H27F2N5O/c1-18-17-36(29(20-4-8-22(30)9-5-20)21-6-10-23(31)11-7-21)19(2)16-35(18)26-14-27(37)34(3)25-13-12-24(15-32)33-28(25)26/h4-14,18-19,29H,16-17H2,1-3H3/t18-,19+/m0/s1. The number of benzene rings is 2. The van der Waals surface area contributed by atoms with E-state index < -0.39 is 0 Å². The van der Waals surface area contributed by atoms with Gasteiger partial charge in [0.2, 0.25) is 0 Å². The number of rotatable bonds is 4. The van der Waals surface area contributed by atoms with Gasteiger partial charge in [0.05, 0.1) is 17.2 Å². The van der Waals surface area contributed by atoms with Crippen LogP contribution in [0.3, 0.4) is 0 Å². The van der Waals surface area contributed by atoms with Crippen LogP contribution in [0.25, 0.3) is 11.0 Å². The van der Waals surface area contributed by atoms with E-state index >= 15 is 0 Å². The van der Waals surface area contributed by atoms with Crippen molar-refractivity contribution in [1.29, 1.82) is 5.26 Å². The molecule has 1 saturated heterocycles. The number of hydrogen-bond donors (Lipinski definition) is 0. The van der Waals surface area contributed by atoms with E-state index in [1.807, 2.05) is 0 Å². The van der Waals surface area contributed by atoms with Gasteiger partial charge >= 0.3 is 0 Å². The highest BCUT2D eigenvalue weighted by atomic mass is 19.1. The number of aryl methyl sites for hydroxylation is 1. The van der Waals surface area contributed by atoms with Crippen LogP contribution in [0.4, 0.5) is 14.5 Å². The number of aromatic nitrogens is 2. The molecule has 0 bridgehead atoms. The Hall–Kier alpha value is -4.09. The molecule has 4 aromatic rings. The van der Waals surface area contributed by atoms with Crippen LogP contribution in [0.5, 0.6) is 0 Å². The van der Waals surface area contributed by atoms with E-state index in [0.29, 0.717) is 35.5 Å². The molecule has 6 nitrogen and oxygen atoms in total. The monoisotopic (exact) mass is 499 g/mol. The lowest BCUT2D eigenvalue weighted by molar-refractivity contribution is 0.130. The first kappa shape index (κ1) is 24.6. The maximum absolute atomic E-state index is 13.7. The number of piperazine rings is 1. The average molecular weight is 500 g/mol. The van der Waals surface area contributed by atoms with Gasteiger partial charge in [0, 0.05) is 38.3 Å². The quantitative estimate of drug-likeness (QED) is 0.405. The largest absolute Gasteiger partial charge is 0.364 e. The highest BCUT2D eigenvalue weighted by Crippen LogP contribution is 2.36. The van der Waals surface area contributed by atoms with E-state index in [1.165, 1.54) is 28.8 Å². The molecule has 0 aliphatic carbocycles. The van der Waals surface area contributed by atoms with Crippen LogP contribution in [-0.2, 0) is 7.05 Å². The van der Waals surface area contributed by atoms with Gasteiger partial charge in [-0.05, 0) is 61.4 Å². The smallest absolute Gasteiger partial charge is 0.252 e. The Balaban J connectivity index is 1.55. The Kier molecular flexibility index (Phi) is 6.48. The first-order valence-electron chi connectivity index (χ1n) is 12.2. The fourth-order valence-corrected chi connectivity index (χ4v) is 5.31. The Morgan fingerprint density at radius 2 is 1.51 bits per heavy atom. The van der Waals surface area contributed by atoms with Gasteiger partial charge in [-0.15, -0.1) is 0 Å². The molecule has 37 heavy (non-hydrogen) atoms. The Morgan fingerprint density at radius 3 is 2.08 bits per heavy atom. The third-order valence-corrected chi connectivity index (χ3v) is 7.23. The first-order valence-corrected chi connectivity index (χ1v) is 12.2. The number of fused-ring (bicyclic) bond motifs is 1. The van der Waals surface area contributed by atoms with Crippen LogP contribution >= 0.6 is 0 Å². The molecule has 1 aliphatic rings. The van der Waals surface area contributed by atoms with Crippen molar-refractivity contribution in [2.75, 3.05) is 18.0 Å². The molecule has 0 amide bonds. The van der Waals surface area contributed by atoms with Gasteiger partial charge in [-0.3, -0.25) is 9.69 Å². The van der Waals surface area contributed by atoms with Crippen LogP contribution in [-0.4, -0.2) is 39.6 Å². The number of anilines is 1. The summed E-state index contributed by atoms with van der Waals surface area (Å²) in [6.07, 6.45) is 0. The summed E-state index contributed by atoms with van der Waals surface area (Å²) in [5.74, 6) is -0.621. The van der Waals surface area contributed by atoms with Crippen molar-refractivity contribution in [3.63, 3.8) is 0 Å². The minimum absolute atomic E-state index is 0.0116. The van der Waals surface area contributed by atoms with Crippen LogP contribution in [0.15, 0.2) is 71.5 Å². The molecular weight excluding hydrogens is 472 g/mol. The molecule has 188 valence electrons. The van der Waals surface area contributed by atoms with E-state index in [2.05, 4.69) is 34.7 Å². The lowest BCUT2D eigenvalue weighted by Crippen LogP contribution is -2.57. The summed E-state index contributed by atoms with van der Waals surface area (Å²) in [7, 11) is 1.70. The Morgan fingerprint density at radius 1 is 0.919 bits per heavy atom. The molecule has 2 atom stereocenters. The highest BCUT2D eigenvalue weighted by molar-refractivity contribution is 5.89. The zero-order chi connectivity index (χ0) is 26.3. The summed E-state index contributed by atoms with van der Waals surface area (Å²) >= 11 is 0. The van der Waals surface area contributed by atoms with Crippen LogP contribution in [0, 0.1) is 23.0 Å². The molecule has 0 N–H and O–H groups in total. The maximum Gasteiger partial charge on any atom is 0.252 e. The predicted molar refractivity (Wildman–Crippen MR) is 139 cm³/mol. The van der Waals surface area contributed by atoms with E-state index in [9.17, 15) is 18.8 Å². The van der Waals surface area contributed by atoms with Crippen LogP contribution in [0.2, 0.25) is 0 Å². The Bertz CT molecular complexity index is 1500. The van der Waals surface area contributed by atoms with Gasteiger partial charge in [0.1, 0.15) is 28.9 Å². The van der Waals surface area contributed by atoms with E-state index in [4.69, 9.17) is 0 Å². The second-order valence-corrected chi connectivity index (χ2v) is 9.66. The molecule has 5 rings (SSSR count). The average Bonchev–Trinajstić information content (AvgIpc) is 2.90. The molecule has 3 heterocycles. The highest BCUT2D eigenvalue weighted by Gasteiger charge is 2.36. The summed E-state index contributed by atoms with van der Waals surface area (Å²) in [5, 5.41) is 9.41. The minimum atomic E-state index is -0.311. The van der Waals surface area contributed by atoms with E-state index in [-0.39, 0.29) is 35.3 Å². The lowest BCUT2D eigenvalue weighted by Gasteiger charge is -2.48. The fourth-order valence-electron chi connectivity index (χ4n) is 5.31. The summed E-state index contributed by atoms with van der Waals surface area (Å²) in [5.41, 5.74) is 3.96. The maximum atomic E-state index is 13.7. The van der Waals surface area contributed by atoms with Gasteiger partial charge in [0.15, 0.2) is 0 Å². The topological polar surface area (TPSA) is 65.2 Å². The zero-order valence-electron chi connectivity index (χ0n) is 20.9. The van der Waals surface area contributed by atoms with Gasteiger partial charge < -0.3 is 9.47 Å². The number of halogens is 2. The van der Waals surface area contributed by atoms with E-state index in [0.717, 1.165) is 11.1 Å². The van der Waals surface area contributed by atoms with E-state index in [1.54, 1.807) is 49.5 Å². The molecule has 1 aliphatic heterocycles. The van der Waals surface area contributed by atoms with Gasteiger partial charge in [-0.2, -0.15) is 5.26 Å². The summed E-state index contributed by atoms with van der Waals surface area (Å²) in [6.45, 7) is 5.43. The zero-order valence-corrected chi connectivity index (χ0v) is 20.9. The summed E-state index contributed by atoms with van der Waals surface area (Å²) in [6, 6.07) is 19.7. The van der Waals surface area contributed by atoms with Gasteiger partial charge in [-0.1, -0.05) is 24.3 Å². The summed E-state index contributed by atoms with van der Waals surface area (Å²) < 4.78 is 29.0. The van der Waals surface area contributed by atoms with Crippen LogP contribution < -0.4 is 10.5 Å². The Labute approximate surface area is 214 Å². The lowest BCUT2D eigenvalue weighted by atomic mass is 9.93. The molecule has 2 aromatic heterocycles. The third-order valence-electron chi connectivity index (χ3n) is 7.23. The van der Waals surface area contributed by atoms with Crippen molar-refractivity contribution < 1.29 is 8.78 Å². The van der Waals surface area contributed by atoms with Crippen molar-refractivity contribution in [2.45, 2.75) is 32.0 Å². The number of hydrogen-bond acceptors (Lipinski definition) is 5. The number of nitriles is 1. The number of nitrogens with zero attached hydrogens (tertiary/aromatic N) is 5. The molecule has 8 heteroatoms. The molecule has 0 unspecified atom stereocenters. The van der Waals surface area contributed by atoms with Gasteiger partial charge in [0.25, 0.3) is 5.56 Å². The van der Waals surface area contributed by atoms with Crippen molar-refractivity contribution >= 4 is 16.7 Å². The van der Waals surface area contributed by atoms with Gasteiger partial charge in [-0.25, -0.2) is 13.8 Å². The SMILES string of the molecule is C[C@@H]1CN(c2cc(=O)n(C)c3ccc(C#N)nc23)[C@@H](C)CN1C(c1ccc(F)cc1)c1ccc(F)cc1. The molecule has 0 saturated carbocycles. The molecular formula is C29H27F2N5O. The molecule has 1 fully saturated rings. The number of pyridine rings is 2. The minimum Gasteiger partial charge on any atom is -0.364 e. The summed E-state index contributed by atoms with van der Waals surface area (Å²) in [4.78, 5) is 21.9. The normalized spacial score (nSPS) is 18.4. The molecule has 0 spiro atoms. The van der Waals surface area contributed by atoms with Crippen LogP contribution in [0.1, 0.15) is 36.7 Å². The van der Waals surface area contributed by atoms with Crippen molar-refractivity contribution in [1.82, 2.24) is 14.5 Å². The van der Waals surface area contributed by atoms with Crippen molar-refractivity contribution in [3.05, 3.63) is 106 Å². The fraction of sp³-hybridized carbons (Fsp3) is 0.276. The molecule has 2 aromatic carbocycles. The molecule has 0 radical (unpaired) electrons. The van der Waals surface area contributed by atoms with Crippen molar-refractivity contribution in [3.8, 4) is 6.07 Å². The second kappa shape index (κ2) is 9.75. The first-order chi connectivity index (χ1) is 17.8. The van der Waals surface area contributed by atoms with Crippen molar-refractivity contribution in [2.24, 2.45) is 7.05 Å². The third kappa shape index (κ3) is 4.58. The second-order valence-electron chi connectivity index (χ2n) is 9.66.